The fourth-order valence-electron chi connectivity index (χ4n) is 2.13. The van der Waals surface area contributed by atoms with Crippen LogP contribution in [0.2, 0.25) is 0 Å². The van der Waals surface area contributed by atoms with Gasteiger partial charge in [0.25, 0.3) is 0 Å². The van der Waals surface area contributed by atoms with E-state index < -0.39 is 5.97 Å². The van der Waals surface area contributed by atoms with Crippen LogP contribution in [0.25, 0.3) is 0 Å². The highest BCUT2D eigenvalue weighted by Crippen LogP contribution is 2.21. The van der Waals surface area contributed by atoms with Crippen molar-refractivity contribution in [2.75, 3.05) is 32.7 Å². The van der Waals surface area contributed by atoms with E-state index in [0.717, 1.165) is 11.3 Å². The SMILES string of the molecule is CCc1nnc(NCC(COC)OC)c(C(=O)O)c1CC. The molecule has 0 bridgehead atoms. The van der Waals surface area contributed by atoms with E-state index in [1.165, 1.54) is 0 Å². The Hall–Kier alpha value is -1.73. The highest BCUT2D eigenvalue weighted by atomic mass is 16.5. The summed E-state index contributed by atoms with van der Waals surface area (Å²) in [6.45, 7) is 4.65. The number of nitrogens with zero attached hydrogens (tertiary/aromatic N) is 2. The van der Waals surface area contributed by atoms with Crippen molar-refractivity contribution in [3.63, 3.8) is 0 Å². The lowest BCUT2D eigenvalue weighted by molar-refractivity contribution is 0.0365. The summed E-state index contributed by atoms with van der Waals surface area (Å²) in [5.74, 6) is -0.727. The number of anilines is 1. The van der Waals surface area contributed by atoms with Gasteiger partial charge in [-0.15, -0.1) is 5.10 Å². The zero-order chi connectivity index (χ0) is 15.8. The minimum absolute atomic E-state index is 0.186. The third-order valence-electron chi connectivity index (χ3n) is 3.24. The number of methoxy groups -OCH3 is 2. The number of hydrogen-bond acceptors (Lipinski definition) is 6. The monoisotopic (exact) mass is 297 g/mol. The molecule has 0 aromatic carbocycles. The number of ether oxygens (including phenoxy) is 2. The molecule has 7 nitrogen and oxygen atoms in total. The third-order valence-corrected chi connectivity index (χ3v) is 3.24. The van der Waals surface area contributed by atoms with Crippen molar-refractivity contribution in [2.45, 2.75) is 32.8 Å². The van der Waals surface area contributed by atoms with Crippen molar-refractivity contribution in [1.29, 1.82) is 0 Å². The Morgan fingerprint density at radius 1 is 1.29 bits per heavy atom. The van der Waals surface area contributed by atoms with E-state index in [1.807, 2.05) is 13.8 Å². The first kappa shape index (κ1) is 17.3. The van der Waals surface area contributed by atoms with Crippen LogP contribution < -0.4 is 5.32 Å². The normalized spacial score (nSPS) is 12.2. The van der Waals surface area contributed by atoms with Crippen LogP contribution in [-0.4, -0.2) is 54.7 Å². The van der Waals surface area contributed by atoms with Gasteiger partial charge >= 0.3 is 5.97 Å². The van der Waals surface area contributed by atoms with Crippen LogP contribution in [0.1, 0.15) is 35.5 Å². The van der Waals surface area contributed by atoms with E-state index in [-0.39, 0.29) is 17.5 Å². The first-order valence-electron chi connectivity index (χ1n) is 6.96. The first-order valence-corrected chi connectivity index (χ1v) is 6.96. The average molecular weight is 297 g/mol. The number of rotatable bonds is 9. The van der Waals surface area contributed by atoms with Crippen LogP contribution >= 0.6 is 0 Å². The number of hydrogen-bond donors (Lipinski definition) is 2. The minimum atomic E-state index is -1.00. The molecule has 0 amide bonds. The predicted molar refractivity (Wildman–Crippen MR) is 78.9 cm³/mol. The van der Waals surface area contributed by atoms with E-state index in [0.29, 0.717) is 26.0 Å². The molecule has 1 rings (SSSR count). The van der Waals surface area contributed by atoms with Gasteiger partial charge in [-0.1, -0.05) is 13.8 Å². The smallest absolute Gasteiger partial charge is 0.339 e. The van der Waals surface area contributed by atoms with Crippen LogP contribution in [0.3, 0.4) is 0 Å². The number of carboxylic acid groups (broad SMARTS) is 1. The lowest BCUT2D eigenvalue weighted by Gasteiger charge is -2.17. The molecule has 0 spiro atoms. The van der Waals surface area contributed by atoms with E-state index in [2.05, 4.69) is 15.5 Å². The summed E-state index contributed by atoms with van der Waals surface area (Å²) < 4.78 is 10.3. The van der Waals surface area contributed by atoms with Crippen LogP contribution in [-0.2, 0) is 22.3 Å². The Labute approximate surface area is 124 Å². The van der Waals surface area contributed by atoms with Gasteiger partial charge in [0.2, 0.25) is 0 Å². The Morgan fingerprint density at radius 2 is 2.00 bits per heavy atom. The molecule has 1 heterocycles. The van der Waals surface area contributed by atoms with Crippen molar-refractivity contribution < 1.29 is 19.4 Å². The number of nitrogens with one attached hydrogen (secondary N) is 1. The Morgan fingerprint density at radius 3 is 2.48 bits per heavy atom. The standard InChI is InChI=1S/C14H23N3O4/c1-5-10-11(6-2)16-17-13(12(10)14(18)19)15-7-9(21-4)8-20-3/h9H,5-8H2,1-4H3,(H,15,17)(H,18,19). The number of aryl methyl sites for hydroxylation is 1. The number of aromatic nitrogens is 2. The molecule has 0 radical (unpaired) electrons. The Balaban J connectivity index is 3.04. The third kappa shape index (κ3) is 4.37. The van der Waals surface area contributed by atoms with Crippen molar-refractivity contribution in [1.82, 2.24) is 10.2 Å². The second kappa shape index (κ2) is 8.53. The molecule has 0 aliphatic rings. The second-order valence-electron chi connectivity index (χ2n) is 4.56. The highest BCUT2D eigenvalue weighted by Gasteiger charge is 2.20. The van der Waals surface area contributed by atoms with E-state index in [9.17, 15) is 9.90 Å². The van der Waals surface area contributed by atoms with Crippen molar-refractivity contribution >= 4 is 11.8 Å². The van der Waals surface area contributed by atoms with Gasteiger partial charge in [0.1, 0.15) is 5.56 Å². The van der Waals surface area contributed by atoms with Crippen LogP contribution in [0.5, 0.6) is 0 Å². The van der Waals surface area contributed by atoms with Crippen LogP contribution in [0, 0.1) is 0 Å². The maximum absolute atomic E-state index is 11.5. The number of aromatic carboxylic acids is 1. The molecular formula is C14H23N3O4. The first-order chi connectivity index (χ1) is 10.1. The van der Waals surface area contributed by atoms with E-state index in [1.54, 1.807) is 14.2 Å². The zero-order valence-electron chi connectivity index (χ0n) is 13.0. The van der Waals surface area contributed by atoms with Gasteiger partial charge in [-0.3, -0.25) is 0 Å². The Bertz CT molecular complexity index is 480. The van der Waals surface area contributed by atoms with E-state index >= 15 is 0 Å². The molecule has 0 aliphatic heterocycles. The summed E-state index contributed by atoms with van der Waals surface area (Å²) in [5.41, 5.74) is 1.64. The molecule has 1 unspecified atom stereocenters. The molecule has 1 atom stereocenters. The van der Waals surface area contributed by atoms with Gasteiger partial charge in [0.05, 0.1) is 18.4 Å². The molecule has 0 saturated carbocycles. The Kier molecular flexibility index (Phi) is 7.04. The highest BCUT2D eigenvalue weighted by molar-refractivity contribution is 5.95. The lowest BCUT2D eigenvalue weighted by atomic mass is 10.0. The predicted octanol–water partition coefficient (Wildman–Crippen LogP) is 1.37. The average Bonchev–Trinajstić information content (AvgIpc) is 2.49. The lowest BCUT2D eigenvalue weighted by Crippen LogP contribution is -2.28. The van der Waals surface area contributed by atoms with Gasteiger partial charge in [-0.25, -0.2) is 4.79 Å². The molecule has 2 N–H and O–H groups in total. The summed E-state index contributed by atoms with van der Waals surface area (Å²) in [6.07, 6.45) is 1.07. The summed E-state index contributed by atoms with van der Waals surface area (Å²) in [7, 11) is 3.16. The van der Waals surface area contributed by atoms with Crippen molar-refractivity contribution in [3.8, 4) is 0 Å². The minimum Gasteiger partial charge on any atom is -0.478 e. The maximum atomic E-state index is 11.5. The molecule has 0 saturated heterocycles. The number of carbonyl (C=O) groups is 1. The maximum Gasteiger partial charge on any atom is 0.339 e. The second-order valence-corrected chi connectivity index (χ2v) is 4.56. The molecule has 118 valence electrons. The largest absolute Gasteiger partial charge is 0.478 e. The van der Waals surface area contributed by atoms with E-state index in [4.69, 9.17) is 9.47 Å². The summed E-state index contributed by atoms with van der Waals surface area (Å²) in [6, 6.07) is 0. The van der Waals surface area contributed by atoms with Crippen molar-refractivity contribution in [3.05, 3.63) is 16.8 Å². The van der Waals surface area contributed by atoms with Gasteiger partial charge in [0, 0.05) is 20.8 Å². The van der Waals surface area contributed by atoms with Gasteiger partial charge in [-0.05, 0) is 18.4 Å². The molecular weight excluding hydrogens is 274 g/mol. The van der Waals surface area contributed by atoms with Crippen LogP contribution in [0.4, 0.5) is 5.82 Å². The van der Waals surface area contributed by atoms with Gasteiger partial charge in [-0.2, -0.15) is 5.10 Å². The molecule has 1 aromatic heterocycles. The van der Waals surface area contributed by atoms with Gasteiger partial charge < -0.3 is 19.9 Å². The zero-order valence-corrected chi connectivity index (χ0v) is 13.0. The number of carboxylic acids is 1. The summed E-state index contributed by atoms with van der Waals surface area (Å²) in [4.78, 5) is 11.5. The molecule has 0 aliphatic carbocycles. The molecule has 1 aromatic rings. The quantitative estimate of drug-likeness (QED) is 0.711. The van der Waals surface area contributed by atoms with Crippen molar-refractivity contribution in [2.24, 2.45) is 0 Å². The molecule has 21 heavy (non-hydrogen) atoms. The molecule has 0 fully saturated rings. The fourth-order valence-corrected chi connectivity index (χ4v) is 2.13. The van der Waals surface area contributed by atoms with Gasteiger partial charge in [0.15, 0.2) is 5.82 Å². The van der Waals surface area contributed by atoms with Crippen LogP contribution in [0.15, 0.2) is 0 Å². The summed E-state index contributed by atoms with van der Waals surface area (Å²) >= 11 is 0. The summed E-state index contributed by atoms with van der Waals surface area (Å²) in [5, 5.41) is 20.6. The molecule has 7 heteroatoms. The topological polar surface area (TPSA) is 93.6 Å². The fraction of sp³-hybridized carbons (Fsp3) is 0.643.